The lowest BCUT2D eigenvalue weighted by Crippen LogP contribution is -2.49. The maximum Gasteiger partial charge on any atom is 0.335 e. The zero-order valence-electron chi connectivity index (χ0n) is 14.7. The van der Waals surface area contributed by atoms with Gasteiger partial charge in [-0.15, -0.1) is 0 Å². The number of hydrogen-bond donors (Lipinski definition) is 1. The highest BCUT2D eigenvalue weighted by Gasteiger charge is 2.30. The summed E-state index contributed by atoms with van der Waals surface area (Å²) >= 11 is 0. The van der Waals surface area contributed by atoms with Crippen molar-refractivity contribution in [1.82, 2.24) is 4.90 Å². The van der Waals surface area contributed by atoms with Crippen molar-refractivity contribution in [2.24, 2.45) is 5.92 Å². The molecule has 0 aromatic heterocycles. The number of aromatic carboxylic acids is 1. The third-order valence-electron chi connectivity index (χ3n) is 5.17. The van der Waals surface area contributed by atoms with E-state index in [1.807, 2.05) is 12.1 Å². The first-order valence-corrected chi connectivity index (χ1v) is 8.87. The molecule has 5 heteroatoms. The van der Waals surface area contributed by atoms with Crippen LogP contribution in [0, 0.1) is 5.92 Å². The first-order valence-electron chi connectivity index (χ1n) is 8.87. The van der Waals surface area contributed by atoms with Gasteiger partial charge in [0.2, 0.25) is 0 Å². The summed E-state index contributed by atoms with van der Waals surface area (Å²) < 4.78 is 5.82. The first-order chi connectivity index (χ1) is 11.4. The lowest BCUT2D eigenvalue weighted by atomic mass is 9.88. The first kappa shape index (κ1) is 17.2. The normalized spacial score (nSPS) is 24.8. The standard InChI is InChI=1S/C19H28N2O3/c1-19(2)13-15(7-12-24-19)14-20-8-10-21(11-9-20)17-5-3-16(4-6-17)18(22)23/h3-6,15H,7-14H2,1-2H3,(H,22,23). The Labute approximate surface area is 144 Å². The number of carbonyl (C=O) groups is 1. The van der Waals surface area contributed by atoms with Crippen LogP contribution >= 0.6 is 0 Å². The average Bonchev–Trinajstić information content (AvgIpc) is 2.55. The summed E-state index contributed by atoms with van der Waals surface area (Å²) in [5.41, 5.74) is 1.49. The smallest absolute Gasteiger partial charge is 0.335 e. The number of anilines is 1. The predicted molar refractivity (Wildman–Crippen MR) is 94.8 cm³/mol. The molecule has 1 atom stereocenters. The fourth-order valence-electron chi connectivity index (χ4n) is 3.88. The van der Waals surface area contributed by atoms with E-state index in [2.05, 4.69) is 23.6 Å². The Kier molecular flexibility index (Phi) is 5.11. The number of rotatable bonds is 4. The monoisotopic (exact) mass is 332 g/mol. The van der Waals surface area contributed by atoms with Gasteiger partial charge >= 0.3 is 5.97 Å². The minimum Gasteiger partial charge on any atom is -0.478 e. The molecule has 2 aliphatic rings. The van der Waals surface area contributed by atoms with Gasteiger partial charge in [-0.05, 0) is 56.9 Å². The number of carboxylic acids is 1. The molecule has 0 bridgehead atoms. The molecule has 0 aliphatic carbocycles. The van der Waals surface area contributed by atoms with Crippen LogP contribution in [0.4, 0.5) is 5.69 Å². The Hall–Kier alpha value is -1.59. The fraction of sp³-hybridized carbons (Fsp3) is 0.632. The molecule has 3 rings (SSSR count). The minimum atomic E-state index is -0.870. The van der Waals surface area contributed by atoms with E-state index >= 15 is 0 Å². The maximum absolute atomic E-state index is 10.9. The fourth-order valence-corrected chi connectivity index (χ4v) is 3.88. The van der Waals surface area contributed by atoms with Crippen LogP contribution in [0.2, 0.25) is 0 Å². The molecule has 24 heavy (non-hydrogen) atoms. The average molecular weight is 332 g/mol. The highest BCUT2D eigenvalue weighted by molar-refractivity contribution is 5.88. The van der Waals surface area contributed by atoms with Crippen molar-refractivity contribution in [1.29, 1.82) is 0 Å². The SMILES string of the molecule is CC1(C)CC(CN2CCN(c3ccc(C(=O)O)cc3)CC2)CCO1. The van der Waals surface area contributed by atoms with Crippen molar-refractivity contribution < 1.29 is 14.6 Å². The van der Waals surface area contributed by atoms with Gasteiger partial charge in [-0.1, -0.05) is 0 Å². The van der Waals surface area contributed by atoms with Crippen molar-refractivity contribution in [3.05, 3.63) is 29.8 Å². The molecule has 1 aromatic rings. The Morgan fingerprint density at radius 1 is 1.21 bits per heavy atom. The molecule has 1 unspecified atom stereocenters. The van der Waals surface area contributed by atoms with Crippen molar-refractivity contribution in [3.63, 3.8) is 0 Å². The molecule has 2 aliphatic heterocycles. The Bertz CT molecular complexity index is 562. The molecular weight excluding hydrogens is 304 g/mol. The highest BCUT2D eigenvalue weighted by Crippen LogP contribution is 2.29. The maximum atomic E-state index is 10.9. The van der Waals surface area contributed by atoms with E-state index in [0.717, 1.165) is 50.8 Å². The summed E-state index contributed by atoms with van der Waals surface area (Å²) in [6.45, 7) is 10.6. The van der Waals surface area contributed by atoms with Crippen LogP contribution in [0.3, 0.4) is 0 Å². The number of hydrogen-bond acceptors (Lipinski definition) is 4. The van der Waals surface area contributed by atoms with Crippen molar-refractivity contribution >= 4 is 11.7 Å². The second-order valence-corrected chi connectivity index (χ2v) is 7.61. The third kappa shape index (κ3) is 4.28. The van der Waals surface area contributed by atoms with E-state index in [1.54, 1.807) is 12.1 Å². The summed E-state index contributed by atoms with van der Waals surface area (Å²) in [4.78, 5) is 15.8. The number of nitrogens with zero attached hydrogens (tertiary/aromatic N) is 2. The molecule has 2 heterocycles. The van der Waals surface area contributed by atoms with E-state index in [-0.39, 0.29) is 5.60 Å². The van der Waals surface area contributed by atoms with Crippen LogP contribution in [0.1, 0.15) is 37.0 Å². The zero-order chi connectivity index (χ0) is 17.2. The molecule has 132 valence electrons. The van der Waals surface area contributed by atoms with Crippen LogP contribution in [0.15, 0.2) is 24.3 Å². The molecule has 0 radical (unpaired) electrons. The zero-order valence-corrected chi connectivity index (χ0v) is 14.7. The summed E-state index contributed by atoms with van der Waals surface area (Å²) in [7, 11) is 0. The Morgan fingerprint density at radius 3 is 2.46 bits per heavy atom. The van der Waals surface area contributed by atoms with Gasteiger partial charge in [0, 0.05) is 45.0 Å². The third-order valence-corrected chi connectivity index (χ3v) is 5.17. The number of ether oxygens (including phenoxy) is 1. The molecule has 1 aromatic carbocycles. The van der Waals surface area contributed by atoms with E-state index in [4.69, 9.17) is 9.84 Å². The van der Waals surface area contributed by atoms with Crippen molar-refractivity contribution in [2.75, 3.05) is 44.2 Å². The van der Waals surface area contributed by atoms with Gasteiger partial charge in [0.05, 0.1) is 11.2 Å². The molecule has 2 saturated heterocycles. The van der Waals surface area contributed by atoms with Crippen molar-refractivity contribution in [3.8, 4) is 0 Å². The van der Waals surface area contributed by atoms with Gasteiger partial charge in [-0.2, -0.15) is 0 Å². The lowest BCUT2D eigenvalue weighted by molar-refractivity contribution is -0.0769. The topological polar surface area (TPSA) is 53.0 Å². The van der Waals surface area contributed by atoms with E-state index < -0.39 is 5.97 Å². The lowest BCUT2D eigenvalue weighted by Gasteiger charge is -2.41. The molecule has 0 amide bonds. The van der Waals surface area contributed by atoms with Gasteiger partial charge < -0.3 is 14.7 Å². The highest BCUT2D eigenvalue weighted by atomic mass is 16.5. The summed E-state index contributed by atoms with van der Waals surface area (Å²) in [6.07, 6.45) is 2.31. The molecule has 2 fully saturated rings. The molecule has 1 N–H and O–H groups in total. The predicted octanol–water partition coefficient (Wildman–Crippen LogP) is 2.71. The number of benzene rings is 1. The van der Waals surface area contributed by atoms with E-state index in [1.165, 1.54) is 13.0 Å². The van der Waals surface area contributed by atoms with Gasteiger partial charge in [-0.25, -0.2) is 4.79 Å². The van der Waals surface area contributed by atoms with Gasteiger partial charge in [0.15, 0.2) is 0 Å². The molecule has 0 spiro atoms. The van der Waals surface area contributed by atoms with Crippen LogP contribution < -0.4 is 4.90 Å². The summed E-state index contributed by atoms with van der Waals surface area (Å²) in [6, 6.07) is 7.21. The second kappa shape index (κ2) is 7.11. The largest absolute Gasteiger partial charge is 0.478 e. The van der Waals surface area contributed by atoms with E-state index in [9.17, 15) is 4.79 Å². The van der Waals surface area contributed by atoms with Crippen LogP contribution in [0.5, 0.6) is 0 Å². The number of carboxylic acid groups (broad SMARTS) is 1. The second-order valence-electron chi connectivity index (χ2n) is 7.61. The number of piperazine rings is 1. The molecule has 5 nitrogen and oxygen atoms in total. The van der Waals surface area contributed by atoms with Gasteiger partial charge in [0.1, 0.15) is 0 Å². The molecule has 0 saturated carbocycles. The Balaban J connectivity index is 1.49. The Morgan fingerprint density at radius 2 is 1.88 bits per heavy atom. The van der Waals surface area contributed by atoms with Gasteiger partial charge in [0.25, 0.3) is 0 Å². The van der Waals surface area contributed by atoms with Gasteiger partial charge in [-0.3, -0.25) is 4.90 Å². The van der Waals surface area contributed by atoms with Crippen molar-refractivity contribution in [2.45, 2.75) is 32.3 Å². The minimum absolute atomic E-state index is 0.0244. The quantitative estimate of drug-likeness (QED) is 0.919. The van der Waals surface area contributed by atoms with Crippen LogP contribution in [0.25, 0.3) is 0 Å². The summed E-state index contributed by atoms with van der Waals surface area (Å²) in [5.74, 6) is -0.138. The van der Waals surface area contributed by atoms with Crippen LogP contribution in [-0.4, -0.2) is 60.9 Å². The van der Waals surface area contributed by atoms with Crippen LogP contribution in [-0.2, 0) is 4.74 Å². The molecular formula is C19H28N2O3. The van der Waals surface area contributed by atoms with E-state index in [0.29, 0.717) is 5.56 Å². The summed E-state index contributed by atoms with van der Waals surface area (Å²) in [5, 5.41) is 8.98.